The SMILES string of the molecule is CC1CCC(C(N)=O)CN1c1ccc([C@@H](C)N)cc1F. The van der Waals surface area contributed by atoms with E-state index in [4.69, 9.17) is 11.5 Å². The van der Waals surface area contributed by atoms with Crippen molar-refractivity contribution in [3.05, 3.63) is 29.6 Å². The molecule has 2 rings (SSSR count). The Morgan fingerprint density at radius 2 is 2.15 bits per heavy atom. The van der Waals surface area contributed by atoms with E-state index in [0.29, 0.717) is 12.2 Å². The van der Waals surface area contributed by atoms with Crippen LogP contribution in [0.1, 0.15) is 38.3 Å². The number of hydrogen-bond donors (Lipinski definition) is 2. The Balaban J connectivity index is 2.27. The number of anilines is 1. The zero-order valence-electron chi connectivity index (χ0n) is 12.0. The highest BCUT2D eigenvalue weighted by Gasteiger charge is 2.30. The summed E-state index contributed by atoms with van der Waals surface area (Å²) in [5.74, 6) is -0.815. The first-order chi connectivity index (χ1) is 9.40. The molecule has 4 nitrogen and oxygen atoms in total. The molecule has 0 spiro atoms. The van der Waals surface area contributed by atoms with Gasteiger partial charge in [0.15, 0.2) is 0 Å². The van der Waals surface area contributed by atoms with E-state index in [2.05, 4.69) is 0 Å². The number of primary amides is 1. The molecule has 1 saturated heterocycles. The Morgan fingerprint density at radius 1 is 1.45 bits per heavy atom. The normalized spacial score (nSPS) is 24.5. The lowest BCUT2D eigenvalue weighted by molar-refractivity contribution is -0.122. The smallest absolute Gasteiger partial charge is 0.222 e. The molecule has 1 aliphatic heterocycles. The summed E-state index contributed by atoms with van der Waals surface area (Å²) in [5, 5.41) is 0. The summed E-state index contributed by atoms with van der Waals surface area (Å²) in [5.41, 5.74) is 12.4. The Kier molecular flexibility index (Phi) is 4.28. The third kappa shape index (κ3) is 2.93. The molecule has 1 heterocycles. The molecule has 3 atom stereocenters. The molecule has 1 fully saturated rings. The average molecular weight is 279 g/mol. The highest BCUT2D eigenvalue weighted by Crippen LogP contribution is 2.30. The first kappa shape index (κ1) is 14.8. The van der Waals surface area contributed by atoms with Gasteiger partial charge in [0.2, 0.25) is 5.91 Å². The van der Waals surface area contributed by atoms with Crippen molar-refractivity contribution in [3.8, 4) is 0 Å². The Morgan fingerprint density at radius 3 is 2.70 bits per heavy atom. The fourth-order valence-electron chi connectivity index (χ4n) is 2.71. The lowest BCUT2D eigenvalue weighted by Crippen LogP contribution is -2.46. The van der Waals surface area contributed by atoms with E-state index in [0.717, 1.165) is 18.4 Å². The first-order valence-corrected chi connectivity index (χ1v) is 7.01. The van der Waals surface area contributed by atoms with Crippen LogP contribution in [0.15, 0.2) is 18.2 Å². The molecule has 110 valence electrons. The maximum atomic E-state index is 14.3. The fourth-order valence-corrected chi connectivity index (χ4v) is 2.71. The molecule has 0 bridgehead atoms. The van der Waals surface area contributed by atoms with Crippen LogP contribution < -0.4 is 16.4 Å². The predicted octanol–water partition coefficient (Wildman–Crippen LogP) is 1.94. The van der Waals surface area contributed by atoms with Gasteiger partial charge >= 0.3 is 0 Å². The average Bonchev–Trinajstić information content (AvgIpc) is 2.39. The van der Waals surface area contributed by atoms with Crippen molar-refractivity contribution in [2.45, 2.75) is 38.8 Å². The van der Waals surface area contributed by atoms with Crippen LogP contribution in [0, 0.1) is 11.7 Å². The number of amides is 1. The zero-order chi connectivity index (χ0) is 14.9. The summed E-state index contributed by atoms with van der Waals surface area (Å²) in [6.45, 7) is 4.34. The molecule has 1 aromatic carbocycles. The van der Waals surface area contributed by atoms with Crippen LogP contribution in [0.2, 0.25) is 0 Å². The summed E-state index contributed by atoms with van der Waals surface area (Å²) >= 11 is 0. The van der Waals surface area contributed by atoms with Crippen molar-refractivity contribution < 1.29 is 9.18 Å². The van der Waals surface area contributed by atoms with Gasteiger partial charge in [0.1, 0.15) is 5.82 Å². The van der Waals surface area contributed by atoms with Gasteiger partial charge in [-0.3, -0.25) is 4.79 Å². The van der Waals surface area contributed by atoms with Gasteiger partial charge in [0, 0.05) is 18.6 Å². The van der Waals surface area contributed by atoms with Gasteiger partial charge in [-0.05, 0) is 44.4 Å². The molecule has 4 N–H and O–H groups in total. The standard InChI is InChI=1S/C15H22FN3O/c1-9-3-4-12(15(18)20)8-19(9)14-6-5-11(10(2)17)7-13(14)16/h5-7,9-10,12H,3-4,8,17H2,1-2H3,(H2,18,20)/t9?,10-,12?/m1/s1. The van der Waals surface area contributed by atoms with E-state index in [9.17, 15) is 9.18 Å². The Bertz CT molecular complexity index is 504. The summed E-state index contributed by atoms with van der Waals surface area (Å²) in [6.07, 6.45) is 1.61. The predicted molar refractivity (Wildman–Crippen MR) is 77.7 cm³/mol. The van der Waals surface area contributed by atoms with Crippen molar-refractivity contribution >= 4 is 11.6 Å². The van der Waals surface area contributed by atoms with Gasteiger partial charge < -0.3 is 16.4 Å². The van der Waals surface area contributed by atoms with E-state index in [1.807, 2.05) is 24.8 Å². The minimum Gasteiger partial charge on any atom is -0.369 e. The quantitative estimate of drug-likeness (QED) is 0.888. The van der Waals surface area contributed by atoms with Crippen LogP contribution in [-0.2, 0) is 4.79 Å². The molecule has 20 heavy (non-hydrogen) atoms. The number of carbonyl (C=O) groups is 1. The number of piperidine rings is 1. The first-order valence-electron chi connectivity index (χ1n) is 7.01. The maximum Gasteiger partial charge on any atom is 0.222 e. The molecular formula is C15H22FN3O. The Hall–Kier alpha value is -1.62. The molecule has 0 aromatic heterocycles. The number of rotatable bonds is 3. The minimum atomic E-state index is -0.311. The van der Waals surface area contributed by atoms with Crippen LogP contribution in [0.3, 0.4) is 0 Å². The maximum absolute atomic E-state index is 14.3. The molecular weight excluding hydrogens is 257 g/mol. The van der Waals surface area contributed by atoms with Crippen molar-refractivity contribution in [1.82, 2.24) is 0 Å². The second kappa shape index (κ2) is 5.79. The lowest BCUT2D eigenvalue weighted by atomic mass is 9.92. The molecule has 1 aliphatic rings. The molecule has 0 saturated carbocycles. The second-order valence-electron chi connectivity index (χ2n) is 5.68. The molecule has 2 unspecified atom stereocenters. The van der Waals surface area contributed by atoms with Gasteiger partial charge in [-0.2, -0.15) is 0 Å². The van der Waals surface area contributed by atoms with E-state index in [1.165, 1.54) is 6.07 Å². The molecule has 5 heteroatoms. The van der Waals surface area contributed by atoms with Gasteiger partial charge in [-0.15, -0.1) is 0 Å². The van der Waals surface area contributed by atoms with Crippen LogP contribution in [0.25, 0.3) is 0 Å². The minimum absolute atomic E-state index is 0.196. The zero-order valence-corrected chi connectivity index (χ0v) is 12.0. The van der Waals surface area contributed by atoms with Gasteiger partial charge in [0.05, 0.1) is 11.6 Å². The van der Waals surface area contributed by atoms with Crippen LogP contribution in [0.4, 0.5) is 10.1 Å². The summed E-state index contributed by atoms with van der Waals surface area (Å²) < 4.78 is 14.3. The largest absolute Gasteiger partial charge is 0.369 e. The number of benzene rings is 1. The van der Waals surface area contributed by atoms with Crippen molar-refractivity contribution in [2.75, 3.05) is 11.4 Å². The molecule has 1 amide bonds. The number of carbonyl (C=O) groups excluding carboxylic acids is 1. The summed E-state index contributed by atoms with van der Waals surface area (Å²) in [4.78, 5) is 13.3. The van der Waals surface area contributed by atoms with Gasteiger partial charge in [0.25, 0.3) is 0 Å². The third-order valence-electron chi connectivity index (χ3n) is 4.09. The summed E-state index contributed by atoms with van der Waals surface area (Å²) in [6, 6.07) is 5.05. The van der Waals surface area contributed by atoms with E-state index in [1.54, 1.807) is 6.07 Å². The topological polar surface area (TPSA) is 72.4 Å². The molecule has 0 radical (unpaired) electrons. The molecule has 1 aromatic rings. The number of nitrogens with two attached hydrogens (primary N) is 2. The molecule has 0 aliphatic carbocycles. The highest BCUT2D eigenvalue weighted by atomic mass is 19.1. The van der Waals surface area contributed by atoms with Crippen molar-refractivity contribution in [2.24, 2.45) is 17.4 Å². The number of hydrogen-bond acceptors (Lipinski definition) is 3. The highest BCUT2D eigenvalue weighted by molar-refractivity contribution is 5.77. The van der Waals surface area contributed by atoms with Crippen LogP contribution in [0.5, 0.6) is 0 Å². The Labute approximate surface area is 118 Å². The van der Waals surface area contributed by atoms with Gasteiger partial charge in [-0.1, -0.05) is 6.07 Å². The second-order valence-corrected chi connectivity index (χ2v) is 5.68. The van der Waals surface area contributed by atoms with E-state index >= 15 is 0 Å². The monoisotopic (exact) mass is 279 g/mol. The van der Waals surface area contributed by atoms with Crippen molar-refractivity contribution in [1.29, 1.82) is 0 Å². The summed E-state index contributed by atoms with van der Waals surface area (Å²) in [7, 11) is 0. The number of halogens is 1. The van der Waals surface area contributed by atoms with Gasteiger partial charge in [-0.25, -0.2) is 4.39 Å². The van der Waals surface area contributed by atoms with E-state index in [-0.39, 0.29) is 29.7 Å². The fraction of sp³-hybridized carbons (Fsp3) is 0.533. The van der Waals surface area contributed by atoms with E-state index < -0.39 is 0 Å². The third-order valence-corrected chi connectivity index (χ3v) is 4.09. The number of nitrogens with zero attached hydrogens (tertiary/aromatic N) is 1. The lowest BCUT2D eigenvalue weighted by Gasteiger charge is -2.38. The van der Waals surface area contributed by atoms with Crippen molar-refractivity contribution in [3.63, 3.8) is 0 Å². The van der Waals surface area contributed by atoms with Crippen LogP contribution >= 0.6 is 0 Å². The van der Waals surface area contributed by atoms with Crippen LogP contribution in [-0.4, -0.2) is 18.5 Å².